The lowest BCUT2D eigenvalue weighted by Gasteiger charge is -2.21. The van der Waals surface area contributed by atoms with Gasteiger partial charge in [0, 0.05) is 24.9 Å². The van der Waals surface area contributed by atoms with Crippen molar-refractivity contribution in [2.45, 2.75) is 25.3 Å². The van der Waals surface area contributed by atoms with Crippen LogP contribution in [0, 0.1) is 0 Å². The van der Waals surface area contributed by atoms with E-state index in [4.69, 9.17) is 5.73 Å². The third-order valence-corrected chi connectivity index (χ3v) is 2.92. The van der Waals surface area contributed by atoms with E-state index in [-0.39, 0.29) is 11.9 Å². The monoisotopic (exact) mass is 208 g/mol. The minimum Gasteiger partial charge on any atom is -0.368 e. The standard InChI is InChI=1S/C10H16N4O/c11-10(15)9-2-1-4-14(9)5-3-8-6-12-7-13-8/h6-7,9H,1-5H2,(H2,11,15)(H,12,13). The number of nitrogens with zero attached hydrogens (tertiary/aromatic N) is 2. The molecule has 5 nitrogen and oxygen atoms in total. The van der Waals surface area contributed by atoms with Crippen LogP contribution in [0.25, 0.3) is 0 Å². The second kappa shape index (κ2) is 4.44. The number of aromatic nitrogens is 2. The Kier molecular flexibility index (Phi) is 3.01. The molecule has 1 atom stereocenters. The van der Waals surface area contributed by atoms with Gasteiger partial charge in [0.2, 0.25) is 5.91 Å². The van der Waals surface area contributed by atoms with Crippen LogP contribution in [-0.2, 0) is 11.2 Å². The molecule has 3 N–H and O–H groups in total. The Morgan fingerprint density at radius 2 is 2.60 bits per heavy atom. The molecule has 1 aromatic heterocycles. The van der Waals surface area contributed by atoms with Crippen LogP contribution in [0.2, 0.25) is 0 Å². The lowest BCUT2D eigenvalue weighted by molar-refractivity contribution is -0.122. The van der Waals surface area contributed by atoms with Gasteiger partial charge in [-0.3, -0.25) is 9.69 Å². The summed E-state index contributed by atoms with van der Waals surface area (Å²) in [5, 5.41) is 0. The van der Waals surface area contributed by atoms with Crippen molar-refractivity contribution in [2.24, 2.45) is 5.73 Å². The fraction of sp³-hybridized carbons (Fsp3) is 0.600. The van der Waals surface area contributed by atoms with Gasteiger partial charge in [-0.05, 0) is 19.4 Å². The van der Waals surface area contributed by atoms with Crippen LogP contribution in [0.1, 0.15) is 18.5 Å². The molecule has 0 bridgehead atoms. The maximum absolute atomic E-state index is 11.1. The van der Waals surface area contributed by atoms with Crippen molar-refractivity contribution in [3.05, 3.63) is 18.2 Å². The van der Waals surface area contributed by atoms with Gasteiger partial charge in [-0.2, -0.15) is 0 Å². The molecule has 15 heavy (non-hydrogen) atoms. The summed E-state index contributed by atoms with van der Waals surface area (Å²) in [7, 11) is 0. The van der Waals surface area contributed by atoms with Crippen LogP contribution in [0.5, 0.6) is 0 Å². The molecule has 1 aromatic rings. The van der Waals surface area contributed by atoms with E-state index >= 15 is 0 Å². The number of carbonyl (C=O) groups excluding carboxylic acids is 1. The fourth-order valence-electron chi connectivity index (χ4n) is 2.10. The average molecular weight is 208 g/mol. The van der Waals surface area contributed by atoms with Gasteiger partial charge in [0.15, 0.2) is 0 Å². The first-order chi connectivity index (χ1) is 7.27. The highest BCUT2D eigenvalue weighted by molar-refractivity contribution is 5.80. The van der Waals surface area contributed by atoms with Gasteiger partial charge in [-0.15, -0.1) is 0 Å². The van der Waals surface area contributed by atoms with Crippen molar-refractivity contribution >= 4 is 5.91 Å². The van der Waals surface area contributed by atoms with E-state index in [1.165, 1.54) is 0 Å². The molecule has 0 aliphatic carbocycles. The maximum atomic E-state index is 11.1. The maximum Gasteiger partial charge on any atom is 0.234 e. The molecule has 1 aliphatic heterocycles. The van der Waals surface area contributed by atoms with Crippen molar-refractivity contribution in [1.29, 1.82) is 0 Å². The molecule has 0 radical (unpaired) electrons. The van der Waals surface area contributed by atoms with Crippen molar-refractivity contribution < 1.29 is 4.79 Å². The predicted octanol–water partition coefficient (Wildman–Crippen LogP) is -0.0981. The molecule has 0 aromatic carbocycles. The average Bonchev–Trinajstić information content (AvgIpc) is 2.86. The van der Waals surface area contributed by atoms with E-state index in [9.17, 15) is 4.79 Å². The molecule has 1 saturated heterocycles. The van der Waals surface area contributed by atoms with Crippen LogP contribution in [0.15, 0.2) is 12.5 Å². The molecule has 2 heterocycles. The van der Waals surface area contributed by atoms with Gasteiger partial charge >= 0.3 is 0 Å². The highest BCUT2D eigenvalue weighted by atomic mass is 16.1. The Bertz CT molecular complexity index is 322. The summed E-state index contributed by atoms with van der Waals surface area (Å²) >= 11 is 0. The number of carbonyl (C=O) groups is 1. The Balaban J connectivity index is 1.86. The van der Waals surface area contributed by atoms with E-state index in [1.54, 1.807) is 6.33 Å². The third-order valence-electron chi connectivity index (χ3n) is 2.92. The minimum atomic E-state index is -0.197. The molecule has 1 amide bonds. The highest BCUT2D eigenvalue weighted by Gasteiger charge is 2.28. The normalized spacial score (nSPS) is 22.0. The molecule has 5 heteroatoms. The van der Waals surface area contributed by atoms with Gasteiger partial charge in [0.25, 0.3) is 0 Å². The first kappa shape index (κ1) is 10.2. The van der Waals surface area contributed by atoms with Crippen molar-refractivity contribution in [1.82, 2.24) is 14.9 Å². The second-order valence-corrected chi connectivity index (χ2v) is 3.92. The molecular weight excluding hydrogens is 192 g/mol. The molecule has 1 aliphatic rings. The Morgan fingerprint density at radius 3 is 3.27 bits per heavy atom. The summed E-state index contributed by atoms with van der Waals surface area (Å²) in [6.07, 6.45) is 6.35. The largest absolute Gasteiger partial charge is 0.368 e. The number of hydrogen-bond acceptors (Lipinski definition) is 3. The number of likely N-dealkylation sites (tertiary alicyclic amines) is 1. The van der Waals surface area contributed by atoms with Crippen LogP contribution in [0.4, 0.5) is 0 Å². The lowest BCUT2D eigenvalue weighted by Crippen LogP contribution is -2.41. The Morgan fingerprint density at radius 1 is 1.73 bits per heavy atom. The zero-order valence-electron chi connectivity index (χ0n) is 8.65. The van der Waals surface area contributed by atoms with Crippen LogP contribution in [0.3, 0.4) is 0 Å². The number of rotatable bonds is 4. The zero-order chi connectivity index (χ0) is 10.7. The summed E-state index contributed by atoms with van der Waals surface area (Å²) < 4.78 is 0. The van der Waals surface area contributed by atoms with Crippen molar-refractivity contribution in [2.75, 3.05) is 13.1 Å². The highest BCUT2D eigenvalue weighted by Crippen LogP contribution is 2.16. The quantitative estimate of drug-likeness (QED) is 0.725. The van der Waals surface area contributed by atoms with Gasteiger partial charge in [0.1, 0.15) is 0 Å². The SMILES string of the molecule is NC(=O)C1CCCN1CCc1cnc[nH]1. The first-order valence-corrected chi connectivity index (χ1v) is 5.28. The van der Waals surface area contributed by atoms with Gasteiger partial charge in [-0.1, -0.05) is 0 Å². The molecular formula is C10H16N4O. The smallest absolute Gasteiger partial charge is 0.234 e. The number of hydrogen-bond donors (Lipinski definition) is 2. The van der Waals surface area contributed by atoms with Gasteiger partial charge in [0.05, 0.1) is 12.4 Å². The number of imidazole rings is 1. The summed E-state index contributed by atoms with van der Waals surface area (Å²) in [5.41, 5.74) is 6.44. The number of nitrogens with one attached hydrogen (secondary N) is 1. The van der Waals surface area contributed by atoms with Crippen molar-refractivity contribution in [3.63, 3.8) is 0 Å². The number of aromatic amines is 1. The first-order valence-electron chi connectivity index (χ1n) is 5.28. The number of primary amides is 1. The summed E-state index contributed by atoms with van der Waals surface area (Å²) in [4.78, 5) is 20.3. The van der Waals surface area contributed by atoms with Gasteiger partial charge < -0.3 is 10.7 Å². The lowest BCUT2D eigenvalue weighted by atomic mass is 10.2. The van der Waals surface area contributed by atoms with Gasteiger partial charge in [-0.25, -0.2) is 4.98 Å². The van der Waals surface area contributed by atoms with E-state index in [0.29, 0.717) is 0 Å². The second-order valence-electron chi connectivity index (χ2n) is 3.92. The van der Waals surface area contributed by atoms with Crippen LogP contribution in [-0.4, -0.2) is 39.9 Å². The number of nitrogens with two attached hydrogens (primary N) is 1. The molecule has 0 spiro atoms. The van der Waals surface area contributed by atoms with E-state index < -0.39 is 0 Å². The molecule has 0 saturated carbocycles. The molecule has 1 unspecified atom stereocenters. The molecule has 2 rings (SSSR count). The van der Waals surface area contributed by atoms with Crippen LogP contribution >= 0.6 is 0 Å². The van der Waals surface area contributed by atoms with E-state index in [1.807, 2.05) is 6.20 Å². The Hall–Kier alpha value is -1.36. The topological polar surface area (TPSA) is 75.0 Å². The predicted molar refractivity (Wildman–Crippen MR) is 56.1 cm³/mol. The van der Waals surface area contributed by atoms with Crippen LogP contribution < -0.4 is 5.73 Å². The summed E-state index contributed by atoms with van der Waals surface area (Å²) in [6, 6.07) is -0.0621. The summed E-state index contributed by atoms with van der Waals surface area (Å²) in [5.74, 6) is -0.197. The van der Waals surface area contributed by atoms with E-state index in [0.717, 1.165) is 38.0 Å². The zero-order valence-corrected chi connectivity index (χ0v) is 8.65. The fourth-order valence-corrected chi connectivity index (χ4v) is 2.10. The molecule has 1 fully saturated rings. The Labute approximate surface area is 88.7 Å². The van der Waals surface area contributed by atoms with E-state index in [2.05, 4.69) is 14.9 Å². The molecule has 82 valence electrons. The number of H-pyrrole nitrogens is 1. The third kappa shape index (κ3) is 2.36. The van der Waals surface area contributed by atoms with Crippen molar-refractivity contribution in [3.8, 4) is 0 Å². The summed E-state index contributed by atoms with van der Waals surface area (Å²) in [6.45, 7) is 1.84. The minimum absolute atomic E-state index is 0.0621. The number of amides is 1.